The molecule has 0 aromatic heterocycles. The largest absolute Gasteiger partial charge is 0.304 e. The van der Waals surface area contributed by atoms with Crippen molar-refractivity contribution in [1.29, 1.82) is 0 Å². The quantitative estimate of drug-likeness (QED) is 0.626. The molecule has 2 nitrogen and oxygen atoms in total. The first-order chi connectivity index (χ1) is 12.3. The number of hydrogen-bond donors (Lipinski definition) is 0. The third-order valence-electron chi connectivity index (χ3n) is 5.56. The van der Waals surface area contributed by atoms with Crippen LogP contribution in [0.25, 0.3) is 0 Å². The van der Waals surface area contributed by atoms with E-state index < -0.39 is 0 Å². The Morgan fingerprint density at radius 3 is 2.24 bits per heavy atom. The number of hydrogen-bond acceptors (Lipinski definition) is 1. The second kappa shape index (κ2) is 5.59. The molecule has 0 fully saturated rings. The zero-order chi connectivity index (χ0) is 16.8. The van der Waals surface area contributed by atoms with E-state index in [0.29, 0.717) is 6.42 Å². The molecule has 122 valence electrons. The van der Waals surface area contributed by atoms with Crippen LogP contribution in [-0.4, -0.2) is 5.91 Å². The number of anilines is 1. The van der Waals surface area contributed by atoms with Crippen molar-refractivity contribution in [3.8, 4) is 0 Å². The molecule has 2 heteroatoms. The molecule has 25 heavy (non-hydrogen) atoms. The van der Waals surface area contributed by atoms with Gasteiger partial charge in [-0.1, -0.05) is 72.8 Å². The van der Waals surface area contributed by atoms with E-state index in [1.165, 1.54) is 22.3 Å². The van der Waals surface area contributed by atoms with Gasteiger partial charge in [-0.25, -0.2) is 0 Å². The molecule has 0 aliphatic carbocycles. The van der Waals surface area contributed by atoms with E-state index in [1.54, 1.807) is 0 Å². The summed E-state index contributed by atoms with van der Waals surface area (Å²) in [6.45, 7) is 0. The van der Waals surface area contributed by atoms with Crippen LogP contribution < -0.4 is 4.90 Å². The SMILES string of the molecule is O=C1C[C@@H](c2ccccc2)c2ccccc2[C@@H]2Cc3ccccc3N12. The lowest BCUT2D eigenvalue weighted by molar-refractivity contribution is -0.119. The van der Waals surface area contributed by atoms with Crippen LogP contribution in [0.2, 0.25) is 0 Å². The molecule has 0 bridgehead atoms. The fraction of sp³-hybridized carbons (Fsp3) is 0.174. The van der Waals surface area contributed by atoms with Crippen molar-refractivity contribution in [3.63, 3.8) is 0 Å². The van der Waals surface area contributed by atoms with E-state index >= 15 is 0 Å². The molecule has 0 saturated heterocycles. The maximum atomic E-state index is 13.2. The number of rotatable bonds is 1. The van der Waals surface area contributed by atoms with Crippen LogP contribution in [0.4, 0.5) is 5.69 Å². The molecular formula is C23H19NO. The average Bonchev–Trinajstić information content (AvgIpc) is 3.01. The van der Waals surface area contributed by atoms with E-state index in [9.17, 15) is 4.79 Å². The Hall–Kier alpha value is -2.87. The number of carbonyl (C=O) groups is 1. The van der Waals surface area contributed by atoms with Gasteiger partial charge in [0, 0.05) is 18.0 Å². The number of para-hydroxylation sites is 1. The molecule has 2 heterocycles. The summed E-state index contributed by atoms with van der Waals surface area (Å²) in [5.74, 6) is 0.350. The minimum Gasteiger partial charge on any atom is -0.304 e. The van der Waals surface area contributed by atoms with Crippen molar-refractivity contribution >= 4 is 11.6 Å². The van der Waals surface area contributed by atoms with Gasteiger partial charge in [0.25, 0.3) is 0 Å². The maximum Gasteiger partial charge on any atom is 0.228 e. The summed E-state index contributed by atoms with van der Waals surface area (Å²) < 4.78 is 0. The summed E-state index contributed by atoms with van der Waals surface area (Å²) >= 11 is 0. The topological polar surface area (TPSA) is 20.3 Å². The van der Waals surface area contributed by atoms with E-state index in [4.69, 9.17) is 0 Å². The van der Waals surface area contributed by atoms with Crippen molar-refractivity contribution in [2.75, 3.05) is 4.90 Å². The number of nitrogens with zero attached hydrogens (tertiary/aromatic N) is 1. The van der Waals surface area contributed by atoms with E-state index in [-0.39, 0.29) is 17.9 Å². The second-order valence-electron chi connectivity index (χ2n) is 6.91. The second-order valence-corrected chi connectivity index (χ2v) is 6.91. The van der Waals surface area contributed by atoms with Gasteiger partial charge in [0.1, 0.15) is 0 Å². The average molecular weight is 325 g/mol. The molecule has 2 atom stereocenters. The summed E-state index contributed by atoms with van der Waals surface area (Å²) in [6, 6.07) is 27.5. The smallest absolute Gasteiger partial charge is 0.228 e. The molecule has 2 aliphatic rings. The number of benzene rings is 3. The van der Waals surface area contributed by atoms with Crippen LogP contribution >= 0.6 is 0 Å². The van der Waals surface area contributed by atoms with E-state index in [1.807, 2.05) is 17.0 Å². The fourth-order valence-corrected chi connectivity index (χ4v) is 4.44. The molecule has 3 aromatic carbocycles. The Bertz CT molecular complexity index is 947. The summed E-state index contributed by atoms with van der Waals surface area (Å²) in [6.07, 6.45) is 1.42. The third-order valence-corrected chi connectivity index (χ3v) is 5.56. The zero-order valence-electron chi connectivity index (χ0n) is 13.9. The van der Waals surface area contributed by atoms with Crippen molar-refractivity contribution in [3.05, 3.63) is 101 Å². The number of carbonyl (C=O) groups excluding carboxylic acids is 1. The molecule has 3 aromatic rings. The number of fused-ring (bicyclic) bond motifs is 5. The Morgan fingerprint density at radius 1 is 0.720 bits per heavy atom. The summed E-state index contributed by atoms with van der Waals surface area (Å²) in [5, 5.41) is 0. The Balaban J connectivity index is 1.69. The number of amides is 1. The van der Waals surface area contributed by atoms with Crippen LogP contribution in [0.1, 0.15) is 40.6 Å². The predicted molar refractivity (Wildman–Crippen MR) is 99.7 cm³/mol. The molecule has 0 saturated carbocycles. The lowest BCUT2D eigenvalue weighted by Gasteiger charge is -2.24. The third kappa shape index (κ3) is 2.21. The summed E-state index contributed by atoms with van der Waals surface area (Å²) in [7, 11) is 0. The molecule has 1 amide bonds. The van der Waals surface area contributed by atoms with Crippen LogP contribution in [0.3, 0.4) is 0 Å². The molecule has 0 spiro atoms. The first-order valence-electron chi connectivity index (χ1n) is 8.86. The first kappa shape index (κ1) is 14.5. The standard InChI is InChI=1S/C23H19NO/c25-23-15-20(16-8-2-1-3-9-16)18-11-5-6-12-19(18)22-14-17-10-4-7-13-21(17)24(22)23/h1-13,20,22H,14-15H2/t20-,22-/m0/s1. The summed E-state index contributed by atoms with van der Waals surface area (Å²) in [4.78, 5) is 15.3. The molecule has 0 N–H and O–H groups in total. The lowest BCUT2D eigenvalue weighted by atomic mass is 9.84. The minimum atomic E-state index is 0.120. The zero-order valence-corrected chi connectivity index (χ0v) is 13.9. The van der Waals surface area contributed by atoms with Crippen molar-refractivity contribution in [2.24, 2.45) is 0 Å². The predicted octanol–water partition coefficient (Wildman–Crippen LogP) is 4.85. The molecular weight excluding hydrogens is 306 g/mol. The van der Waals surface area contributed by atoms with E-state index in [2.05, 4.69) is 66.7 Å². The minimum absolute atomic E-state index is 0.120. The van der Waals surface area contributed by atoms with Crippen molar-refractivity contribution in [2.45, 2.75) is 24.8 Å². The highest BCUT2D eigenvalue weighted by Gasteiger charge is 2.40. The van der Waals surface area contributed by atoms with Gasteiger partial charge < -0.3 is 4.90 Å². The lowest BCUT2D eigenvalue weighted by Crippen LogP contribution is -2.30. The Morgan fingerprint density at radius 2 is 1.40 bits per heavy atom. The molecule has 5 rings (SSSR count). The van der Waals surface area contributed by atoms with Gasteiger partial charge in [0.15, 0.2) is 0 Å². The Labute approximate surface area is 147 Å². The van der Waals surface area contributed by atoms with Crippen molar-refractivity contribution < 1.29 is 4.79 Å². The molecule has 0 radical (unpaired) electrons. The van der Waals surface area contributed by atoms with Gasteiger partial charge >= 0.3 is 0 Å². The van der Waals surface area contributed by atoms with Gasteiger partial charge in [-0.3, -0.25) is 4.79 Å². The Kier molecular flexibility index (Phi) is 3.24. The van der Waals surface area contributed by atoms with Gasteiger partial charge in [-0.05, 0) is 34.7 Å². The van der Waals surface area contributed by atoms with Crippen LogP contribution in [-0.2, 0) is 11.2 Å². The maximum absolute atomic E-state index is 13.2. The van der Waals surface area contributed by atoms with Gasteiger partial charge in [0.05, 0.1) is 6.04 Å². The van der Waals surface area contributed by atoms with Crippen LogP contribution in [0.5, 0.6) is 0 Å². The van der Waals surface area contributed by atoms with Crippen molar-refractivity contribution in [1.82, 2.24) is 0 Å². The van der Waals surface area contributed by atoms with Crippen LogP contribution in [0.15, 0.2) is 78.9 Å². The summed E-state index contributed by atoms with van der Waals surface area (Å²) in [5.41, 5.74) is 6.16. The van der Waals surface area contributed by atoms with Crippen LogP contribution in [0, 0.1) is 0 Å². The van der Waals surface area contributed by atoms with Gasteiger partial charge in [0.2, 0.25) is 5.91 Å². The molecule has 0 unspecified atom stereocenters. The normalized spacial score (nSPS) is 21.3. The van der Waals surface area contributed by atoms with E-state index in [0.717, 1.165) is 12.1 Å². The fourth-order valence-electron chi connectivity index (χ4n) is 4.44. The van der Waals surface area contributed by atoms with Gasteiger partial charge in [-0.15, -0.1) is 0 Å². The molecule has 2 aliphatic heterocycles. The first-order valence-corrected chi connectivity index (χ1v) is 8.86. The van der Waals surface area contributed by atoms with Gasteiger partial charge in [-0.2, -0.15) is 0 Å². The highest BCUT2D eigenvalue weighted by atomic mass is 16.2. The highest BCUT2D eigenvalue weighted by Crippen LogP contribution is 2.47. The highest BCUT2D eigenvalue weighted by molar-refractivity contribution is 5.98. The monoisotopic (exact) mass is 325 g/mol.